The molecule has 39 heavy (non-hydrogen) atoms. The first kappa shape index (κ1) is 27.8. The van der Waals surface area contributed by atoms with E-state index in [1.165, 1.54) is 4.90 Å². The summed E-state index contributed by atoms with van der Waals surface area (Å²) in [7, 11) is 3.89. The zero-order valence-electron chi connectivity index (χ0n) is 23.4. The fourth-order valence-corrected chi connectivity index (χ4v) is 4.78. The van der Waals surface area contributed by atoms with Crippen LogP contribution in [0, 0.1) is 6.92 Å². The minimum absolute atomic E-state index is 0.000150. The number of ketones is 1. The fraction of sp³-hybridized carbons (Fsp3) is 0.312. The van der Waals surface area contributed by atoms with E-state index in [-0.39, 0.29) is 24.0 Å². The number of carbonyl (C=O) groups is 2. The molecule has 7 heteroatoms. The molecule has 1 amide bonds. The Balaban J connectivity index is 1.81. The molecule has 3 aromatic rings. The molecule has 0 bridgehead atoms. The average molecular weight is 529 g/mol. The molecule has 0 saturated carbocycles. The molecule has 7 nitrogen and oxygen atoms in total. The smallest absolute Gasteiger partial charge is 0.295 e. The molecule has 0 aliphatic carbocycles. The topological polar surface area (TPSA) is 79.3 Å². The number of hydrogen-bond acceptors (Lipinski definition) is 6. The predicted octanol–water partition coefficient (Wildman–Crippen LogP) is 5.87. The summed E-state index contributed by atoms with van der Waals surface area (Å²) in [5, 5.41) is 11.5. The van der Waals surface area contributed by atoms with Crippen LogP contribution in [0.3, 0.4) is 0 Å². The Labute approximate surface area is 230 Å². The standard InChI is InChI=1S/C32H36N2O5/c1-7-38-26-10-8-9-22(18-26)19-34-29(23-11-14-25(15-12-23)33(5)6)28(31(36)32(34)37)30(35)24-13-16-27(21(4)17-24)39-20(2)3/h8-18,20,29,35H,7,19H2,1-6H3/b30-28-. The first-order chi connectivity index (χ1) is 18.6. The summed E-state index contributed by atoms with van der Waals surface area (Å²) < 4.78 is 11.5. The van der Waals surface area contributed by atoms with Gasteiger partial charge < -0.3 is 24.4 Å². The molecule has 1 heterocycles. The number of aliphatic hydroxyl groups is 1. The lowest BCUT2D eigenvalue weighted by molar-refractivity contribution is -0.140. The molecule has 0 radical (unpaired) electrons. The van der Waals surface area contributed by atoms with Gasteiger partial charge in [-0.15, -0.1) is 0 Å². The normalized spacial score (nSPS) is 16.6. The Morgan fingerprint density at radius 1 is 1.03 bits per heavy atom. The molecular weight excluding hydrogens is 492 g/mol. The highest BCUT2D eigenvalue weighted by atomic mass is 16.5. The van der Waals surface area contributed by atoms with Gasteiger partial charge in [-0.05, 0) is 86.8 Å². The summed E-state index contributed by atoms with van der Waals surface area (Å²) in [6.45, 7) is 8.39. The Hall–Kier alpha value is -4.26. The Bertz CT molecular complexity index is 1390. The summed E-state index contributed by atoms with van der Waals surface area (Å²) >= 11 is 0. The number of nitrogens with zero attached hydrogens (tertiary/aromatic N) is 2. The van der Waals surface area contributed by atoms with Gasteiger partial charge in [0, 0.05) is 31.9 Å². The van der Waals surface area contributed by atoms with Gasteiger partial charge in [0.25, 0.3) is 11.7 Å². The zero-order valence-corrected chi connectivity index (χ0v) is 23.4. The first-order valence-corrected chi connectivity index (χ1v) is 13.2. The summed E-state index contributed by atoms with van der Waals surface area (Å²) in [4.78, 5) is 30.4. The molecule has 3 aromatic carbocycles. The summed E-state index contributed by atoms with van der Waals surface area (Å²) in [5.74, 6) is -0.184. The van der Waals surface area contributed by atoms with Crippen molar-refractivity contribution in [2.24, 2.45) is 0 Å². The lowest BCUT2D eigenvalue weighted by Gasteiger charge is -2.26. The molecule has 1 aliphatic rings. The number of benzene rings is 3. The minimum Gasteiger partial charge on any atom is -0.507 e. The van der Waals surface area contributed by atoms with Gasteiger partial charge in [0.05, 0.1) is 24.3 Å². The van der Waals surface area contributed by atoms with Crippen LogP contribution in [0.5, 0.6) is 11.5 Å². The van der Waals surface area contributed by atoms with Gasteiger partial charge in [0.1, 0.15) is 17.3 Å². The second-order valence-corrected chi connectivity index (χ2v) is 10.1. The van der Waals surface area contributed by atoms with Gasteiger partial charge in [0.15, 0.2) is 0 Å². The zero-order chi connectivity index (χ0) is 28.3. The third-order valence-electron chi connectivity index (χ3n) is 6.64. The SMILES string of the molecule is CCOc1cccc(CN2C(=O)C(=O)/C(=C(\O)c3ccc(OC(C)C)c(C)c3)C2c2ccc(N(C)C)cc2)c1. The number of Topliss-reactive ketones (excluding diaryl/α,β-unsaturated/α-hetero) is 1. The number of anilines is 1. The van der Waals surface area contributed by atoms with Crippen LogP contribution in [0.15, 0.2) is 72.3 Å². The molecule has 1 atom stereocenters. The molecule has 204 valence electrons. The predicted molar refractivity (Wildman–Crippen MR) is 153 cm³/mol. The number of ether oxygens (including phenoxy) is 2. The summed E-state index contributed by atoms with van der Waals surface area (Å²) in [6.07, 6.45) is -0.000150. The van der Waals surface area contributed by atoms with Crippen LogP contribution in [-0.4, -0.2) is 48.5 Å². The van der Waals surface area contributed by atoms with Crippen LogP contribution < -0.4 is 14.4 Å². The number of amides is 1. The van der Waals surface area contributed by atoms with E-state index < -0.39 is 17.7 Å². The van der Waals surface area contributed by atoms with Crippen LogP contribution in [-0.2, 0) is 16.1 Å². The number of carbonyl (C=O) groups excluding carboxylic acids is 2. The van der Waals surface area contributed by atoms with E-state index in [4.69, 9.17) is 9.47 Å². The van der Waals surface area contributed by atoms with Crippen molar-refractivity contribution in [2.45, 2.75) is 46.4 Å². The third kappa shape index (κ3) is 5.93. The molecule has 1 saturated heterocycles. The van der Waals surface area contributed by atoms with E-state index in [1.54, 1.807) is 18.2 Å². The second kappa shape index (κ2) is 11.6. The van der Waals surface area contributed by atoms with Gasteiger partial charge in [-0.3, -0.25) is 9.59 Å². The third-order valence-corrected chi connectivity index (χ3v) is 6.64. The van der Waals surface area contributed by atoms with Gasteiger partial charge >= 0.3 is 0 Å². The average Bonchev–Trinajstić information content (AvgIpc) is 3.14. The minimum atomic E-state index is -0.760. The van der Waals surface area contributed by atoms with Crippen molar-refractivity contribution in [1.82, 2.24) is 4.90 Å². The molecule has 0 spiro atoms. The van der Waals surface area contributed by atoms with Gasteiger partial charge in [0.2, 0.25) is 0 Å². The Morgan fingerprint density at radius 3 is 2.36 bits per heavy atom. The van der Waals surface area contributed by atoms with Crippen LogP contribution in [0.2, 0.25) is 0 Å². The molecule has 1 unspecified atom stereocenters. The van der Waals surface area contributed by atoms with E-state index in [1.807, 2.05) is 95.2 Å². The highest BCUT2D eigenvalue weighted by molar-refractivity contribution is 6.46. The van der Waals surface area contributed by atoms with Crippen LogP contribution in [0.4, 0.5) is 5.69 Å². The summed E-state index contributed by atoms with van der Waals surface area (Å²) in [5.41, 5.74) is 3.88. The van der Waals surface area contributed by atoms with E-state index in [0.717, 1.165) is 22.4 Å². The second-order valence-electron chi connectivity index (χ2n) is 10.1. The van der Waals surface area contributed by atoms with Gasteiger partial charge in [-0.1, -0.05) is 24.3 Å². The van der Waals surface area contributed by atoms with Crippen molar-refractivity contribution in [3.63, 3.8) is 0 Å². The van der Waals surface area contributed by atoms with Crippen LogP contribution >= 0.6 is 0 Å². The highest BCUT2D eigenvalue weighted by Crippen LogP contribution is 2.41. The lowest BCUT2D eigenvalue weighted by Crippen LogP contribution is -2.29. The van der Waals surface area contributed by atoms with Crippen LogP contribution in [0.25, 0.3) is 5.76 Å². The number of rotatable bonds is 9. The lowest BCUT2D eigenvalue weighted by atomic mass is 9.94. The van der Waals surface area contributed by atoms with Crippen molar-refractivity contribution in [3.05, 3.63) is 94.6 Å². The molecule has 1 N–H and O–H groups in total. The largest absolute Gasteiger partial charge is 0.507 e. The van der Waals surface area contributed by atoms with Crippen molar-refractivity contribution >= 4 is 23.1 Å². The van der Waals surface area contributed by atoms with E-state index in [2.05, 4.69) is 0 Å². The van der Waals surface area contributed by atoms with Crippen molar-refractivity contribution in [1.29, 1.82) is 0 Å². The molecule has 0 aromatic heterocycles. The van der Waals surface area contributed by atoms with Gasteiger partial charge in [-0.25, -0.2) is 0 Å². The van der Waals surface area contributed by atoms with Gasteiger partial charge in [-0.2, -0.15) is 0 Å². The fourth-order valence-electron chi connectivity index (χ4n) is 4.78. The Kier molecular flexibility index (Phi) is 8.29. The summed E-state index contributed by atoms with van der Waals surface area (Å²) in [6, 6.07) is 19.7. The number of aliphatic hydroxyl groups excluding tert-OH is 1. The van der Waals surface area contributed by atoms with Crippen molar-refractivity contribution < 1.29 is 24.2 Å². The van der Waals surface area contributed by atoms with E-state index >= 15 is 0 Å². The maximum absolute atomic E-state index is 13.5. The molecule has 1 fully saturated rings. The quantitative estimate of drug-likeness (QED) is 0.213. The van der Waals surface area contributed by atoms with Crippen molar-refractivity contribution in [3.8, 4) is 11.5 Å². The molecule has 1 aliphatic heterocycles. The molecule has 4 rings (SSSR count). The first-order valence-electron chi connectivity index (χ1n) is 13.2. The van der Waals surface area contributed by atoms with Crippen LogP contribution in [0.1, 0.15) is 49.1 Å². The Morgan fingerprint density at radius 2 is 1.74 bits per heavy atom. The molecular formula is C32H36N2O5. The van der Waals surface area contributed by atoms with Crippen molar-refractivity contribution in [2.75, 3.05) is 25.6 Å². The van der Waals surface area contributed by atoms with E-state index in [0.29, 0.717) is 23.7 Å². The maximum atomic E-state index is 13.5. The monoisotopic (exact) mass is 528 g/mol. The highest BCUT2D eigenvalue weighted by Gasteiger charge is 2.46. The van der Waals surface area contributed by atoms with E-state index in [9.17, 15) is 14.7 Å². The number of hydrogen-bond donors (Lipinski definition) is 1. The number of aryl methyl sites for hydroxylation is 1. The maximum Gasteiger partial charge on any atom is 0.295 e. The number of likely N-dealkylation sites (tertiary alicyclic amines) is 1.